The van der Waals surface area contributed by atoms with E-state index in [1.165, 1.54) is 9.81 Å². The summed E-state index contributed by atoms with van der Waals surface area (Å²) in [5.41, 5.74) is 1.42. The van der Waals surface area contributed by atoms with Crippen LogP contribution < -0.4 is 0 Å². The quantitative estimate of drug-likeness (QED) is 0.609. The number of allylic oxidation sites excluding steroid dienone is 1. The molecular weight excluding hydrogens is 168 g/mol. The molecule has 0 aliphatic carbocycles. The van der Waals surface area contributed by atoms with Gasteiger partial charge in [-0.05, 0) is 26.4 Å². The molecule has 0 saturated heterocycles. The van der Waals surface area contributed by atoms with Gasteiger partial charge in [-0.2, -0.15) is 0 Å². The van der Waals surface area contributed by atoms with Crippen LogP contribution in [0.15, 0.2) is 9.81 Å². The van der Waals surface area contributed by atoms with Crippen molar-refractivity contribution in [1.82, 2.24) is 0 Å². The highest BCUT2D eigenvalue weighted by atomic mass is 33.1. The first-order chi connectivity index (χ1) is 4.22. The Morgan fingerprint density at radius 3 is 1.78 bits per heavy atom. The molecule has 0 nitrogen and oxygen atoms in total. The van der Waals surface area contributed by atoms with Crippen LogP contribution in [0.4, 0.5) is 0 Å². The summed E-state index contributed by atoms with van der Waals surface area (Å²) in [6.07, 6.45) is 4.22. The van der Waals surface area contributed by atoms with E-state index >= 15 is 0 Å². The summed E-state index contributed by atoms with van der Waals surface area (Å²) in [7, 11) is 3.64. The molecule has 0 rings (SSSR count). The van der Waals surface area contributed by atoms with E-state index in [0.717, 1.165) is 0 Å². The lowest BCUT2D eigenvalue weighted by Crippen LogP contribution is -1.69. The van der Waals surface area contributed by atoms with E-state index < -0.39 is 0 Å². The van der Waals surface area contributed by atoms with Crippen LogP contribution in [0.3, 0.4) is 0 Å². The molecule has 0 unspecified atom stereocenters. The molecule has 9 heavy (non-hydrogen) atoms. The Hall–Kier alpha value is 0.790. The molecule has 0 aromatic carbocycles. The van der Waals surface area contributed by atoms with Gasteiger partial charge < -0.3 is 0 Å². The molecule has 0 amide bonds. The van der Waals surface area contributed by atoms with Gasteiger partial charge >= 0.3 is 0 Å². The van der Waals surface area contributed by atoms with Gasteiger partial charge in [0, 0.05) is 4.24 Å². The van der Waals surface area contributed by atoms with E-state index in [0.29, 0.717) is 0 Å². The Morgan fingerprint density at radius 2 is 1.67 bits per heavy atom. The van der Waals surface area contributed by atoms with Crippen molar-refractivity contribution in [1.29, 1.82) is 0 Å². The summed E-state index contributed by atoms with van der Waals surface area (Å²) in [6, 6.07) is 0. The summed E-state index contributed by atoms with van der Waals surface area (Å²) < 4.78 is 1.43. The maximum Gasteiger partial charge on any atom is 0.0494 e. The lowest BCUT2D eigenvalue weighted by atomic mass is 10.4. The largest absolute Gasteiger partial charge is 0.122 e. The van der Waals surface area contributed by atoms with Crippen molar-refractivity contribution >= 4 is 33.3 Å². The molecule has 0 aromatic rings. The van der Waals surface area contributed by atoms with Crippen molar-refractivity contribution in [2.24, 2.45) is 0 Å². The molecular formula is C6H12S3. The first-order valence-electron chi connectivity index (χ1n) is 2.64. The molecule has 0 heterocycles. The Morgan fingerprint density at radius 1 is 1.11 bits per heavy atom. The van der Waals surface area contributed by atoms with Gasteiger partial charge in [0.2, 0.25) is 0 Å². The lowest BCUT2D eigenvalue weighted by Gasteiger charge is -2.01. The molecule has 3 heteroatoms. The molecule has 0 N–H and O–H groups in total. The minimum absolute atomic E-state index is 1.42. The topological polar surface area (TPSA) is 0 Å². The molecule has 0 spiro atoms. The smallest absolute Gasteiger partial charge is 0.0494 e. The van der Waals surface area contributed by atoms with Crippen molar-refractivity contribution in [2.75, 3.05) is 12.5 Å². The van der Waals surface area contributed by atoms with E-state index in [1.54, 1.807) is 10.8 Å². The zero-order chi connectivity index (χ0) is 7.28. The van der Waals surface area contributed by atoms with Crippen molar-refractivity contribution in [3.05, 3.63) is 9.81 Å². The maximum atomic E-state index is 2.15. The highest BCUT2D eigenvalue weighted by Gasteiger charge is 1.95. The third kappa shape index (κ3) is 4.23. The minimum atomic E-state index is 1.42. The van der Waals surface area contributed by atoms with E-state index in [9.17, 15) is 0 Å². The second-order valence-corrected chi connectivity index (χ2v) is 5.22. The molecule has 0 saturated carbocycles. The van der Waals surface area contributed by atoms with Gasteiger partial charge in [-0.25, -0.2) is 0 Å². The molecule has 0 fully saturated rings. The van der Waals surface area contributed by atoms with Crippen LogP contribution in [-0.4, -0.2) is 12.5 Å². The van der Waals surface area contributed by atoms with E-state index in [1.807, 2.05) is 22.6 Å². The molecule has 0 bridgehead atoms. The molecule has 0 aliphatic heterocycles. The zero-order valence-corrected chi connectivity index (χ0v) is 8.67. The van der Waals surface area contributed by atoms with Crippen molar-refractivity contribution in [2.45, 2.75) is 13.8 Å². The Labute approximate surface area is 69.6 Å². The first kappa shape index (κ1) is 9.79. The Bertz CT molecular complexity index is 103. The maximum absolute atomic E-state index is 2.15. The summed E-state index contributed by atoms with van der Waals surface area (Å²) in [6.45, 7) is 4.30. The van der Waals surface area contributed by atoms with E-state index in [2.05, 4.69) is 26.4 Å². The number of rotatable bonds is 3. The van der Waals surface area contributed by atoms with Gasteiger partial charge in [0.15, 0.2) is 0 Å². The second kappa shape index (κ2) is 5.57. The van der Waals surface area contributed by atoms with Crippen LogP contribution in [0.5, 0.6) is 0 Å². The van der Waals surface area contributed by atoms with Crippen LogP contribution in [0.1, 0.15) is 13.8 Å². The van der Waals surface area contributed by atoms with Gasteiger partial charge in [0.25, 0.3) is 0 Å². The predicted octanol–water partition coefficient (Wildman–Crippen LogP) is 3.61. The van der Waals surface area contributed by atoms with Crippen molar-refractivity contribution in [3.8, 4) is 0 Å². The summed E-state index contributed by atoms with van der Waals surface area (Å²) >= 11 is 1.82. The molecule has 0 radical (unpaired) electrons. The normalized spacial score (nSPS) is 9.33. The van der Waals surface area contributed by atoms with E-state index in [4.69, 9.17) is 0 Å². The zero-order valence-electron chi connectivity index (χ0n) is 6.22. The fraction of sp³-hybridized carbons (Fsp3) is 0.667. The van der Waals surface area contributed by atoms with Gasteiger partial charge in [0.05, 0.1) is 0 Å². The number of hydrogen-bond donors (Lipinski definition) is 0. The fourth-order valence-electron chi connectivity index (χ4n) is 0.397. The predicted molar refractivity (Wildman–Crippen MR) is 53.0 cm³/mol. The summed E-state index contributed by atoms with van der Waals surface area (Å²) in [5.74, 6) is 0. The van der Waals surface area contributed by atoms with Crippen LogP contribution in [0.2, 0.25) is 0 Å². The average Bonchev–Trinajstić information content (AvgIpc) is 1.82. The second-order valence-electron chi connectivity index (χ2n) is 1.74. The van der Waals surface area contributed by atoms with Gasteiger partial charge in [-0.3, -0.25) is 0 Å². The SMILES string of the molecule is CSSC(SC)=C(C)C. The number of thioether (sulfide) groups is 1. The van der Waals surface area contributed by atoms with Crippen LogP contribution >= 0.6 is 33.3 Å². The van der Waals surface area contributed by atoms with Crippen LogP contribution in [0, 0.1) is 0 Å². The number of hydrogen-bond acceptors (Lipinski definition) is 3. The third-order valence-corrected chi connectivity index (χ3v) is 4.32. The third-order valence-electron chi connectivity index (χ3n) is 0.753. The standard InChI is InChI=1S/C6H12S3/c1-5(2)6(7-3)9-8-4/h1-4H3. The summed E-state index contributed by atoms with van der Waals surface area (Å²) in [4.78, 5) is 0. The molecule has 54 valence electrons. The Kier molecular flexibility index (Phi) is 6.05. The first-order valence-corrected chi connectivity index (χ1v) is 6.42. The van der Waals surface area contributed by atoms with Gasteiger partial charge in [0.1, 0.15) is 0 Å². The van der Waals surface area contributed by atoms with Crippen LogP contribution in [0.25, 0.3) is 0 Å². The monoisotopic (exact) mass is 180 g/mol. The highest BCUT2D eigenvalue weighted by Crippen LogP contribution is 2.36. The average molecular weight is 180 g/mol. The fourth-order valence-corrected chi connectivity index (χ4v) is 3.57. The van der Waals surface area contributed by atoms with Gasteiger partial charge in [-0.1, -0.05) is 27.2 Å². The lowest BCUT2D eigenvalue weighted by molar-refractivity contribution is 1.41. The molecule has 0 aliphatic rings. The highest BCUT2D eigenvalue weighted by molar-refractivity contribution is 8.79. The molecule has 0 aromatic heterocycles. The summed E-state index contributed by atoms with van der Waals surface area (Å²) in [5, 5.41) is 0. The van der Waals surface area contributed by atoms with Gasteiger partial charge in [-0.15, -0.1) is 11.8 Å². The van der Waals surface area contributed by atoms with E-state index in [-0.39, 0.29) is 0 Å². The Balaban J connectivity index is 3.83. The molecule has 0 atom stereocenters. The minimum Gasteiger partial charge on any atom is -0.122 e. The van der Waals surface area contributed by atoms with Crippen LogP contribution in [-0.2, 0) is 0 Å². The van der Waals surface area contributed by atoms with Crippen molar-refractivity contribution in [3.63, 3.8) is 0 Å². The van der Waals surface area contributed by atoms with Crippen molar-refractivity contribution < 1.29 is 0 Å².